The van der Waals surface area contributed by atoms with Crippen molar-refractivity contribution in [2.75, 3.05) is 11.9 Å². The maximum absolute atomic E-state index is 4.52. The molecule has 3 heteroatoms. The van der Waals surface area contributed by atoms with Gasteiger partial charge in [0.1, 0.15) is 0 Å². The first-order chi connectivity index (χ1) is 8.22. The summed E-state index contributed by atoms with van der Waals surface area (Å²) in [7, 11) is 0. The molecular weight excluding hydrogens is 210 g/mol. The number of rotatable bonds is 4. The topological polar surface area (TPSA) is 29.9 Å². The molecule has 0 saturated heterocycles. The van der Waals surface area contributed by atoms with Gasteiger partial charge in [0.25, 0.3) is 0 Å². The van der Waals surface area contributed by atoms with Crippen LogP contribution in [0.4, 0.5) is 5.95 Å². The number of aromatic nitrogens is 2. The van der Waals surface area contributed by atoms with Crippen molar-refractivity contribution < 1.29 is 0 Å². The van der Waals surface area contributed by atoms with Crippen molar-refractivity contribution in [1.29, 1.82) is 0 Å². The van der Waals surface area contributed by atoms with Crippen LogP contribution in [0.1, 0.15) is 24.6 Å². The van der Waals surface area contributed by atoms with Crippen molar-refractivity contribution in [3.63, 3.8) is 0 Å². The van der Waals surface area contributed by atoms with Gasteiger partial charge in [-0.25, -0.2) is 4.98 Å². The molecule has 0 aliphatic carbocycles. The number of hydrogen-bond acceptors (Lipinski definition) is 2. The van der Waals surface area contributed by atoms with Gasteiger partial charge in [-0.1, -0.05) is 25.1 Å². The summed E-state index contributed by atoms with van der Waals surface area (Å²) < 4.78 is 2.13. The van der Waals surface area contributed by atoms with E-state index in [0.717, 1.165) is 24.6 Å². The predicted molar refractivity (Wildman–Crippen MR) is 71.8 cm³/mol. The van der Waals surface area contributed by atoms with Crippen LogP contribution in [0.3, 0.4) is 0 Å². The Morgan fingerprint density at radius 1 is 1.24 bits per heavy atom. The molecule has 0 bridgehead atoms. The maximum atomic E-state index is 4.52. The SMILES string of the molecule is CCCNc1nc(C)cn1-c1ccccc1C. The van der Waals surface area contributed by atoms with Gasteiger partial charge >= 0.3 is 0 Å². The second kappa shape index (κ2) is 5.04. The molecular formula is C14H19N3. The molecule has 0 saturated carbocycles. The summed E-state index contributed by atoms with van der Waals surface area (Å²) >= 11 is 0. The zero-order valence-corrected chi connectivity index (χ0v) is 10.7. The Morgan fingerprint density at radius 3 is 2.71 bits per heavy atom. The molecule has 1 aromatic carbocycles. The normalized spacial score (nSPS) is 10.5. The van der Waals surface area contributed by atoms with E-state index in [4.69, 9.17) is 0 Å². The lowest BCUT2D eigenvalue weighted by Crippen LogP contribution is -2.07. The quantitative estimate of drug-likeness (QED) is 0.871. The Hall–Kier alpha value is -1.77. The lowest BCUT2D eigenvalue weighted by Gasteiger charge is -2.11. The van der Waals surface area contributed by atoms with Crippen LogP contribution in [-0.4, -0.2) is 16.1 Å². The molecule has 0 atom stereocenters. The highest BCUT2D eigenvalue weighted by Crippen LogP contribution is 2.19. The molecule has 1 N–H and O–H groups in total. The smallest absolute Gasteiger partial charge is 0.207 e. The lowest BCUT2D eigenvalue weighted by molar-refractivity contribution is 0.934. The molecule has 17 heavy (non-hydrogen) atoms. The van der Waals surface area contributed by atoms with Gasteiger partial charge in [0.05, 0.1) is 11.4 Å². The molecule has 2 rings (SSSR count). The minimum absolute atomic E-state index is 0.929. The molecule has 0 unspecified atom stereocenters. The molecule has 0 aliphatic heterocycles. The highest BCUT2D eigenvalue weighted by Gasteiger charge is 2.08. The van der Waals surface area contributed by atoms with Crippen LogP contribution in [0.2, 0.25) is 0 Å². The van der Waals surface area contributed by atoms with Crippen LogP contribution < -0.4 is 5.32 Å². The number of anilines is 1. The van der Waals surface area contributed by atoms with E-state index in [1.165, 1.54) is 11.3 Å². The van der Waals surface area contributed by atoms with Crippen molar-refractivity contribution in [2.45, 2.75) is 27.2 Å². The third-order valence-electron chi connectivity index (χ3n) is 2.73. The Balaban J connectivity index is 2.41. The highest BCUT2D eigenvalue weighted by molar-refractivity contribution is 5.47. The minimum Gasteiger partial charge on any atom is -0.355 e. The standard InChI is InChI=1S/C14H19N3/c1-4-9-15-14-16-12(3)10-17(14)13-8-6-5-7-11(13)2/h5-8,10H,4,9H2,1-3H3,(H,15,16). The molecule has 1 heterocycles. The van der Waals surface area contributed by atoms with Crippen LogP contribution in [-0.2, 0) is 0 Å². The van der Waals surface area contributed by atoms with Crippen LogP contribution in [0.5, 0.6) is 0 Å². The Labute approximate surface area is 103 Å². The van der Waals surface area contributed by atoms with Crippen molar-refractivity contribution >= 4 is 5.95 Å². The van der Waals surface area contributed by atoms with E-state index < -0.39 is 0 Å². The number of imidazole rings is 1. The lowest BCUT2D eigenvalue weighted by atomic mass is 10.2. The number of para-hydroxylation sites is 1. The summed E-state index contributed by atoms with van der Waals surface area (Å²) in [6.07, 6.45) is 3.17. The van der Waals surface area contributed by atoms with Crippen LogP contribution in [0.15, 0.2) is 30.5 Å². The number of hydrogen-bond donors (Lipinski definition) is 1. The van der Waals surface area contributed by atoms with Gasteiger partial charge in [0.2, 0.25) is 5.95 Å². The Morgan fingerprint density at radius 2 is 2.00 bits per heavy atom. The fourth-order valence-corrected chi connectivity index (χ4v) is 1.88. The fraction of sp³-hybridized carbons (Fsp3) is 0.357. The predicted octanol–water partition coefficient (Wildman–Crippen LogP) is 3.31. The number of nitrogens with zero attached hydrogens (tertiary/aromatic N) is 2. The first kappa shape index (κ1) is 11.7. The molecule has 0 fully saturated rings. The third-order valence-corrected chi connectivity index (χ3v) is 2.73. The van der Waals surface area contributed by atoms with Crippen LogP contribution in [0, 0.1) is 13.8 Å². The van der Waals surface area contributed by atoms with Gasteiger partial charge in [-0.05, 0) is 31.9 Å². The second-order valence-corrected chi connectivity index (χ2v) is 4.29. The maximum Gasteiger partial charge on any atom is 0.207 e. The number of benzene rings is 1. The average molecular weight is 229 g/mol. The number of aryl methyl sites for hydroxylation is 2. The number of nitrogens with one attached hydrogen (secondary N) is 1. The summed E-state index contributed by atoms with van der Waals surface area (Å²) in [5.41, 5.74) is 3.48. The third kappa shape index (κ3) is 2.49. The van der Waals surface area contributed by atoms with Crippen molar-refractivity contribution in [3.8, 4) is 5.69 Å². The highest BCUT2D eigenvalue weighted by atomic mass is 15.2. The fourth-order valence-electron chi connectivity index (χ4n) is 1.88. The van der Waals surface area contributed by atoms with Crippen molar-refractivity contribution in [3.05, 3.63) is 41.7 Å². The molecule has 1 aromatic heterocycles. The molecule has 0 radical (unpaired) electrons. The van der Waals surface area contributed by atoms with Crippen LogP contribution >= 0.6 is 0 Å². The van der Waals surface area contributed by atoms with E-state index in [1.54, 1.807) is 0 Å². The molecule has 0 amide bonds. The van der Waals surface area contributed by atoms with E-state index in [9.17, 15) is 0 Å². The van der Waals surface area contributed by atoms with Gasteiger partial charge in [-0.3, -0.25) is 4.57 Å². The summed E-state index contributed by atoms with van der Waals surface area (Å²) in [6, 6.07) is 8.35. The van der Waals surface area contributed by atoms with Crippen molar-refractivity contribution in [2.24, 2.45) is 0 Å². The zero-order valence-electron chi connectivity index (χ0n) is 10.7. The van der Waals surface area contributed by atoms with E-state index in [1.807, 2.05) is 6.92 Å². The average Bonchev–Trinajstić information content (AvgIpc) is 2.68. The van der Waals surface area contributed by atoms with Crippen LogP contribution in [0.25, 0.3) is 5.69 Å². The molecule has 2 aromatic rings. The summed E-state index contributed by atoms with van der Waals surface area (Å²) in [5, 5.41) is 3.36. The molecule has 90 valence electrons. The zero-order chi connectivity index (χ0) is 12.3. The summed E-state index contributed by atoms with van der Waals surface area (Å²) in [4.78, 5) is 4.52. The van der Waals surface area contributed by atoms with E-state index in [2.05, 4.69) is 59.2 Å². The van der Waals surface area contributed by atoms with E-state index >= 15 is 0 Å². The van der Waals surface area contributed by atoms with Gasteiger partial charge < -0.3 is 5.32 Å². The molecule has 0 spiro atoms. The van der Waals surface area contributed by atoms with Gasteiger partial charge in [0.15, 0.2) is 0 Å². The van der Waals surface area contributed by atoms with E-state index in [-0.39, 0.29) is 0 Å². The summed E-state index contributed by atoms with van der Waals surface area (Å²) in [6.45, 7) is 7.24. The monoisotopic (exact) mass is 229 g/mol. The van der Waals surface area contributed by atoms with Crippen molar-refractivity contribution in [1.82, 2.24) is 9.55 Å². The molecule has 0 aliphatic rings. The largest absolute Gasteiger partial charge is 0.355 e. The first-order valence-corrected chi connectivity index (χ1v) is 6.08. The van der Waals surface area contributed by atoms with Gasteiger partial charge in [-0.2, -0.15) is 0 Å². The Kier molecular flexibility index (Phi) is 3.47. The van der Waals surface area contributed by atoms with Gasteiger partial charge in [-0.15, -0.1) is 0 Å². The Bertz CT molecular complexity index is 500. The molecule has 3 nitrogen and oxygen atoms in total. The minimum atomic E-state index is 0.929. The van der Waals surface area contributed by atoms with E-state index in [0.29, 0.717) is 0 Å². The van der Waals surface area contributed by atoms with Gasteiger partial charge in [0, 0.05) is 12.7 Å². The second-order valence-electron chi connectivity index (χ2n) is 4.29. The summed E-state index contributed by atoms with van der Waals surface area (Å²) in [5.74, 6) is 0.929. The first-order valence-electron chi connectivity index (χ1n) is 6.08.